The third kappa shape index (κ3) is 31.3. The number of Topliss-reactive ketones (excluding diaryl/α,β-unsaturated/α-hetero) is 1. The van der Waals surface area contributed by atoms with Gasteiger partial charge in [0, 0.05) is 72.2 Å². The number of thioether (sulfide) groups is 1. The number of aromatic amines is 1. The minimum absolute atomic E-state index is 0.124. The summed E-state index contributed by atoms with van der Waals surface area (Å²) in [6.45, 7) is 10.8. The van der Waals surface area contributed by atoms with Gasteiger partial charge in [-0.2, -0.15) is 11.8 Å². The Morgan fingerprint density at radius 3 is 1.87 bits per heavy atom. The molecule has 111 heavy (non-hydrogen) atoms. The van der Waals surface area contributed by atoms with E-state index in [4.69, 9.17) is 58.2 Å². The number of aromatic nitrogens is 1. The number of nitrogens with two attached hydrogens (primary N) is 1. The van der Waals surface area contributed by atoms with Gasteiger partial charge in [0.1, 0.15) is 41.0 Å². The van der Waals surface area contributed by atoms with Gasteiger partial charge in [-0.15, -0.1) is 5.53 Å². The lowest BCUT2D eigenvalue weighted by atomic mass is 9.86. The maximum atomic E-state index is 15.4. The van der Waals surface area contributed by atoms with Gasteiger partial charge in [0.25, 0.3) is 0 Å². The lowest BCUT2D eigenvalue weighted by Crippen LogP contribution is -2.62. The molecule has 6 rings (SSSR count). The molecular formula is C70H111N13O26S2. The van der Waals surface area contributed by atoms with Gasteiger partial charge in [-0.3, -0.25) is 62.0 Å². The van der Waals surface area contributed by atoms with Crippen molar-refractivity contribution in [3.05, 3.63) is 35.2 Å². The SMILES string of the molecule is CC[C@H](C)[C@@H]1CC(=O)CNC(=O)[C@@H]2Cc3c([nH]c4c(CSCCOCCOCCOCCOCCOCCOCCOCCOCCOCCN5C=C(CNC(=O)C(C)CC(=O)O)NN5)c(OC)ccc34)S(=O)C[C@@H](NC(=O)CNC1=O)C(=O)N[C@@H](CC(N)=O)C(=O)N1C[C@H](O)C[C@H]1C(=O)N[C@@H]([C@@H](C)[C@@H](O)CO)C(=O)N2. The summed E-state index contributed by atoms with van der Waals surface area (Å²) in [4.78, 5) is 155. The Kier molecular flexibility index (Phi) is 41.2. The van der Waals surface area contributed by atoms with Crippen LogP contribution in [0, 0.1) is 23.7 Å². The van der Waals surface area contributed by atoms with E-state index in [0.717, 1.165) is 10.6 Å². The number of aliphatic hydroxyl groups is 3. The first-order valence-corrected chi connectivity index (χ1v) is 39.5. The standard InChI is InChI=1S/C70H111N13O26S2/c1-6-42(2)49-30-46(85)35-73-65(94)52-32-50-48-7-8-57(100-5)51(40-110-28-27-109-26-25-108-24-23-107-22-21-106-20-19-105-18-17-104-16-15-103-14-13-102-12-11-101-10-9-82-37-45(80-81-82)34-72-63(92)43(3)29-60(90)91)62(48)79-69(50)111(99)41-54(75-59(89)36-74-64(49)93)66(95)77-53(33-58(71)88)70(98)83-38-47(86)31-55(83)67(96)78-61(68(97)76-52)44(4)56(87)39-84/h7-8,37,42-44,47,49,52-56,61,79-81,84,86-87H,6,9-36,38-41H2,1-5H3,(H2,71,88)(H,72,92)(H,73,94)(H,74,93)(H,75,89)(H,76,97)(H,77,95)(H,78,96)(H,90,91)/t42-,43?,44-,47+,49-,52-,53-,54+,55-,56-,61-,111?/m0/s1. The second kappa shape index (κ2) is 49.7. The first-order valence-electron chi connectivity index (χ1n) is 37.0. The van der Waals surface area contributed by atoms with Crippen molar-refractivity contribution in [2.24, 2.45) is 29.4 Å². The summed E-state index contributed by atoms with van der Waals surface area (Å²) in [5.74, 6) is -13.4. The van der Waals surface area contributed by atoms with Crippen LogP contribution in [-0.2, 0) is 118 Å². The molecule has 2 bridgehead atoms. The van der Waals surface area contributed by atoms with Crippen LogP contribution in [-0.4, -0.2) is 324 Å². The number of carbonyl (C=O) groups excluding carboxylic acids is 10. The number of rotatable bonds is 45. The zero-order valence-electron chi connectivity index (χ0n) is 63.5. The second-order valence-electron chi connectivity index (χ2n) is 26.8. The van der Waals surface area contributed by atoms with Crippen LogP contribution in [0.4, 0.5) is 0 Å². The average Bonchev–Trinajstić information content (AvgIpc) is 1.62. The molecule has 0 spiro atoms. The van der Waals surface area contributed by atoms with Crippen LogP contribution >= 0.6 is 11.8 Å². The predicted molar refractivity (Wildman–Crippen MR) is 397 cm³/mol. The number of aliphatic carboxylic acids is 1. The third-order valence-corrected chi connectivity index (χ3v) is 20.9. The van der Waals surface area contributed by atoms with E-state index in [2.05, 4.69) is 53.2 Å². The molecule has 1 aromatic carbocycles. The third-order valence-electron chi connectivity index (χ3n) is 18.5. The number of H-pyrrole nitrogens is 1. The van der Waals surface area contributed by atoms with Crippen molar-refractivity contribution in [1.82, 2.24) is 63.1 Å². The number of hydrogen-bond donors (Lipinski definition) is 15. The minimum atomic E-state index is -2.44. The molecule has 1 aromatic heterocycles. The highest BCUT2D eigenvalue weighted by atomic mass is 32.2. The number of carbonyl (C=O) groups is 11. The number of nitrogens with one attached hydrogen (secondary N) is 10. The summed E-state index contributed by atoms with van der Waals surface area (Å²) < 4.78 is 71.7. The van der Waals surface area contributed by atoms with Crippen LogP contribution in [0.3, 0.4) is 0 Å². The largest absolute Gasteiger partial charge is 0.496 e. The fourth-order valence-corrected chi connectivity index (χ4v) is 14.3. The second-order valence-corrected chi connectivity index (χ2v) is 29.3. The van der Waals surface area contributed by atoms with Crippen LogP contribution in [0.1, 0.15) is 70.9 Å². The maximum absolute atomic E-state index is 15.4. The van der Waals surface area contributed by atoms with Crippen molar-refractivity contribution in [3.8, 4) is 5.75 Å². The van der Waals surface area contributed by atoms with Crippen molar-refractivity contribution in [2.45, 2.75) is 119 Å². The zero-order valence-corrected chi connectivity index (χ0v) is 65.1. The summed E-state index contributed by atoms with van der Waals surface area (Å²) in [7, 11) is -1.00. The first kappa shape index (κ1) is 92.1. The van der Waals surface area contributed by atoms with E-state index < -0.39 is 194 Å². The Labute approximate surface area is 650 Å². The van der Waals surface area contributed by atoms with Crippen LogP contribution < -0.4 is 58.6 Å². The highest BCUT2D eigenvalue weighted by Gasteiger charge is 2.45. The number of hydrogen-bond acceptors (Lipinski definition) is 29. The lowest BCUT2D eigenvalue weighted by Gasteiger charge is -2.32. The number of ketones is 1. The molecular weight excluding hydrogens is 1500 g/mol. The van der Waals surface area contributed by atoms with Crippen molar-refractivity contribution in [1.29, 1.82) is 0 Å². The van der Waals surface area contributed by atoms with E-state index in [1.165, 1.54) is 25.8 Å². The van der Waals surface area contributed by atoms with Crippen LogP contribution in [0.5, 0.6) is 5.75 Å². The highest BCUT2D eigenvalue weighted by molar-refractivity contribution is 7.98. The van der Waals surface area contributed by atoms with Gasteiger partial charge in [-0.05, 0) is 23.6 Å². The molecule has 2 unspecified atom stereocenters. The number of hydrazine groups is 2. The van der Waals surface area contributed by atoms with E-state index in [1.807, 2.05) is 0 Å². The van der Waals surface area contributed by atoms with Gasteiger partial charge < -0.3 is 126 Å². The number of nitrogens with zero attached hydrogens (tertiary/aromatic N) is 2. The van der Waals surface area contributed by atoms with Crippen molar-refractivity contribution in [2.75, 3.05) is 177 Å². The van der Waals surface area contributed by atoms with Gasteiger partial charge in [-0.25, -0.2) is 0 Å². The summed E-state index contributed by atoms with van der Waals surface area (Å²) in [6.07, 6.45) is -3.33. The lowest BCUT2D eigenvalue weighted by molar-refractivity contribution is -0.144. The number of primary amides is 1. The van der Waals surface area contributed by atoms with Gasteiger partial charge in [-0.1, -0.05) is 34.1 Å². The molecule has 41 heteroatoms. The molecule has 4 aliphatic heterocycles. The molecule has 624 valence electrons. The number of carboxylic acid groups (broad SMARTS) is 1. The molecule has 1 fully saturated rings. The normalized spacial score (nSPS) is 22.4. The van der Waals surface area contributed by atoms with Crippen molar-refractivity contribution < 1.29 is 125 Å². The quantitative estimate of drug-likeness (QED) is 0.0277. The number of ether oxygens (including phenoxy) is 10. The Balaban J connectivity index is 0.969. The molecule has 39 nitrogen and oxygen atoms in total. The minimum Gasteiger partial charge on any atom is -0.496 e. The Morgan fingerprint density at radius 2 is 1.31 bits per heavy atom. The van der Waals surface area contributed by atoms with E-state index in [1.54, 1.807) is 44.1 Å². The molecule has 0 saturated carbocycles. The van der Waals surface area contributed by atoms with Gasteiger partial charge in [0.2, 0.25) is 53.2 Å². The van der Waals surface area contributed by atoms with Crippen LogP contribution in [0.2, 0.25) is 0 Å². The average molecular weight is 1610 g/mol. The van der Waals surface area contributed by atoms with Gasteiger partial charge in [0.15, 0.2) is 5.78 Å². The number of methoxy groups -OCH3 is 1. The fraction of sp³-hybridized carbons (Fsp3) is 0.700. The summed E-state index contributed by atoms with van der Waals surface area (Å²) in [6, 6.07) is -5.61. The number of benzene rings is 1. The Morgan fingerprint density at radius 1 is 0.721 bits per heavy atom. The van der Waals surface area contributed by atoms with E-state index >= 15 is 4.21 Å². The topological polar surface area (TPSA) is 535 Å². The molecule has 1 saturated heterocycles. The number of aliphatic hydroxyl groups excluding tert-OH is 3. The Hall–Kier alpha value is -7.75. The number of fused-ring (bicyclic) bond motifs is 5. The highest BCUT2D eigenvalue weighted by Crippen LogP contribution is 2.36. The zero-order chi connectivity index (χ0) is 80.8. The van der Waals surface area contributed by atoms with E-state index in [0.29, 0.717) is 147 Å². The smallest absolute Gasteiger partial charge is 0.304 e. The molecule has 9 amide bonds. The predicted octanol–water partition coefficient (Wildman–Crippen LogP) is -4.75. The van der Waals surface area contributed by atoms with Gasteiger partial charge in [0.05, 0.1) is 212 Å². The summed E-state index contributed by atoms with van der Waals surface area (Å²) in [5.41, 5.74) is 13.2. The summed E-state index contributed by atoms with van der Waals surface area (Å²) >= 11 is 1.44. The van der Waals surface area contributed by atoms with E-state index in [-0.39, 0.29) is 48.4 Å². The molecule has 5 heterocycles. The number of amides is 9. The molecule has 4 aliphatic rings. The monoisotopic (exact) mass is 1610 g/mol. The van der Waals surface area contributed by atoms with Gasteiger partial charge >= 0.3 is 5.97 Å². The molecule has 12 atom stereocenters. The summed E-state index contributed by atoms with van der Waals surface area (Å²) in [5, 5.41) is 60.7. The van der Waals surface area contributed by atoms with Crippen molar-refractivity contribution >= 4 is 98.4 Å². The van der Waals surface area contributed by atoms with E-state index in [9.17, 15) is 68.1 Å². The molecule has 16 N–H and O–H groups in total. The molecule has 0 aliphatic carbocycles. The molecule has 2 aromatic rings. The van der Waals surface area contributed by atoms with Crippen LogP contribution in [0.15, 0.2) is 29.1 Å². The Bertz CT molecular complexity index is 3430. The number of carboxylic acids is 1. The molecule has 0 radical (unpaired) electrons. The van der Waals surface area contributed by atoms with Crippen molar-refractivity contribution in [3.63, 3.8) is 0 Å². The first-order chi connectivity index (χ1) is 53.3. The van der Waals surface area contributed by atoms with Crippen LogP contribution in [0.25, 0.3) is 10.9 Å². The fourth-order valence-electron chi connectivity index (χ4n) is 12.1. The maximum Gasteiger partial charge on any atom is 0.304 e.